The molecular weight excluding hydrogens is 296 g/mol. The summed E-state index contributed by atoms with van der Waals surface area (Å²) in [6.07, 6.45) is 0. The molecule has 2 N–H and O–H groups in total. The Balaban J connectivity index is 2.15. The van der Waals surface area contributed by atoms with Gasteiger partial charge in [0.2, 0.25) is 0 Å². The van der Waals surface area contributed by atoms with Crippen LogP contribution in [0.2, 0.25) is 0 Å². The first-order chi connectivity index (χ1) is 9.29. The maximum atomic E-state index is 12.2. The Bertz CT molecular complexity index is 658. The van der Waals surface area contributed by atoms with Crippen molar-refractivity contribution in [1.29, 1.82) is 0 Å². The number of aromatic nitrogens is 1. The zero-order valence-corrected chi connectivity index (χ0v) is 12.9. The molecule has 2 aromatic heterocycles. The number of rotatable bonds is 4. The third-order valence-corrected chi connectivity index (χ3v) is 4.98. The van der Waals surface area contributed by atoms with Gasteiger partial charge in [-0.25, -0.2) is 9.78 Å². The molecule has 0 saturated carbocycles. The number of nitrogens with one attached hydrogen (secondary N) is 1. The highest BCUT2D eigenvalue weighted by atomic mass is 32.1. The van der Waals surface area contributed by atoms with Gasteiger partial charge in [0.15, 0.2) is 0 Å². The number of thiophene rings is 1. The normalized spacial score (nSPS) is 11.3. The number of carbonyl (C=O) groups is 2. The molecule has 0 bridgehead atoms. The van der Waals surface area contributed by atoms with Crippen molar-refractivity contribution in [2.75, 3.05) is 0 Å². The average Bonchev–Trinajstić information content (AvgIpc) is 2.96. The highest BCUT2D eigenvalue weighted by Crippen LogP contribution is 2.25. The Morgan fingerprint density at radius 2 is 1.95 bits per heavy atom. The standard InChI is InChI=1S/C13H14N2O3S2/c1-7-6-19-12(14-7)13(2,3)15-10(16)8-4-5-9(20-8)11(17)18/h4-6H,1-3H3,(H,15,16)(H,17,18). The van der Waals surface area contributed by atoms with E-state index in [0.717, 1.165) is 22.0 Å². The summed E-state index contributed by atoms with van der Waals surface area (Å²) in [6, 6.07) is 2.95. The zero-order chi connectivity index (χ0) is 14.9. The molecule has 0 radical (unpaired) electrons. The minimum Gasteiger partial charge on any atom is -0.477 e. The van der Waals surface area contributed by atoms with Crippen LogP contribution in [-0.4, -0.2) is 22.0 Å². The summed E-state index contributed by atoms with van der Waals surface area (Å²) in [5.74, 6) is -1.32. The van der Waals surface area contributed by atoms with E-state index >= 15 is 0 Å². The van der Waals surface area contributed by atoms with Gasteiger partial charge in [-0.2, -0.15) is 0 Å². The molecule has 7 heteroatoms. The van der Waals surface area contributed by atoms with Crippen molar-refractivity contribution in [3.8, 4) is 0 Å². The van der Waals surface area contributed by atoms with Crippen molar-refractivity contribution >= 4 is 34.6 Å². The van der Waals surface area contributed by atoms with Crippen molar-refractivity contribution < 1.29 is 14.7 Å². The Morgan fingerprint density at radius 3 is 2.45 bits per heavy atom. The highest BCUT2D eigenvalue weighted by molar-refractivity contribution is 7.15. The average molecular weight is 310 g/mol. The summed E-state index contributed by atoms with van der Waals surface area (Å²) in [4.78, 5) is 27.9. The van der Waals surface area contributed by atoms with Crippen molar-refractivity contribution in [3.63, 3.8) is 0 Å². The van der Waals surface area contributed by atoms with Gasteiger partial charge >= 0.3 is 5.97 Å². The molecule has 0 aliphatic carbocycles. The molecule has 0 aliphatic heterocycles. The molecule has 5 nitrogen and oxygen atoms in total. The van der Waals surface area contributed by atoms with E-state index in [1.54, 1.807) is 0 Å². The molecule has 0 spiro atoms. The topological polar surface area (TPSA) is 79.3 Å². The lowest BCUT2D eigenvalue weighted by Gasteiger charge is -2.23. The molecule has 2 rings (SSSR count). The number of thiazole rings is 1. The van der Waals surface area contributed by atoms with E-state index in [1.807, 2.05) is 26.2 Å². The van der Waals surface area contributed by atoms with Gasteiger partial charge in [-0.15, -0.1) is 22.7 Å². The van der Waals surface area contributed by atoms with Gasteiger partial charge in [-0.3, -0.25) is 4.79 Å². The predicted molar refractivity (Wildman–Crippen MR) is 78.6 cm³/mol. The second-order valence-corrected chi connectivity index (χ2v) is 6.78. The van der Waals surface area contributed by atoms with E-state index in [2.05, 4.69) is 10.3 Å². The molecule has 106 valence electrons. The van der Waals surface area contributed by atoms with Crippen molar-refractivity contribution in [3.05, 3.63) is 38.0 Å². The first-order valence-corrected chi connectivity index (χ1v) is 7.57. The molecule has 0 aliphatic rings. The second-order valence-electron chi connectivity index (χ2n) is 4.84. The number of nitrogens with zero attached hydrogens (tertiary/aromatic N) is 1. The van der Waals surface area contributed by atoms with E-state index in [9.17, 15) is 9.59 Å². The number of carbonyl (C=O) groups excluding carboxylic acids is 1. The number of amides is 1. The molecule has 0 fully saturated rings. The van der Waals surface area contributed by atoms with Crippen LogP contribution in [0, 0.1) is 6.92 Å². The Morgan fingerprint density at radius 1 is 1.30 bits per heavy atom. The van der Waals surface area contributed by atoms with E-state index in [0.29, 0.717) is 4.88 Å². The van der Waals surface area contributed by atoms with E-state index in [1.165, 1.54) is 23.5 Å². The first kappa shape index (κ1) is 14.7. The summed E-state index contributed by atoms with van der Waals surface area (Å²) in [5.41, 5.74) is 0.320. The fourth-order valence-corrected chi connectivity index (χ4v) is 3.23. The number of hydrogen-bond donors (Lipinski definition) is 2. The molecule has 1 amide bonds. The van der Waals surface area contributed by atoms with E-state index < -0.39 is 11.5 Å². The van der Waals surface area contributed by atoms with Gasteiger partial charge in [0.1, 0.15) is 9.88 Å². The lowest BCUT2D eigenvalue weighted by Crippen LogP contribution is -2.40. The lowest BCUT2D eigenvalue weighted by molar-refractivity contribution is 0.0702. The molecule has 20 heavy (non-hydrogen) atoms. The molecule has 0 saturated heterocycles. The van der Waals surface area contributed by atoms with Crippen LogP contribution in [0.25, 0.3) is 0 Å². The Labute approximate surface area is 124 Å². The summed E-state index contributed by atoms with van der Waals surface area (Å²) >= 11 is 2.45. The van der Waals surface area contributed by atoms with Crippen LogP contribution in [0.5, 0.6) is 0 Å². The fourth-order valence-electron chi connectivity index (χ4n) is 1.61. The number of hydrogen-bond acceptors (Lipinski definition) is 5. The molecule has 0 unspecified atom stereocenters. The molecule has 0 aromatic carbocycles. The van der Waals surface area contributed by atoms with Gasteiger partial charge in [-0.1, -0.05) is 0 Å². The lowest BCUT2D eigenvalue weighted by atomic mass is 10.1. The van der Waals surface area contributed by atoms with Crippen LogP contribution in [-0.2, 0) is 5.54 Å². The fraction of sp³-hybridized carbons (Fsp3) is 0.308. The molecule has 2 aromatic rings. The summed E-state index contributed by atoms with van der Waals surface area (Å²) < 4.78 is 0. The van der Waals surface area contributed by atoms with Gasteiger partial charge < -0.3 is 10.4 Å². The number of carboxylic acids is 1. The van der Waals surface area contributed by atoms with Crippen LogP contribution in [0.3, 0.4) is 0 Å². The van der Waals surface area contributed by atoms with E-state index in [4.69, 9.17) is 5.11 Å². The van der Waals surface area contributed by atoms with Crippen molar-refractivity contribution in [2.24, 2.45) is 0 Å². The highest BCUT2D eigenvalue weighted by Gasteiger charge is 2.27. The summed E-state index contributed by atoms with van der Waals surface area (Å²) in [6.45, 7) is 5.64. The second kappa shape index (κ2) is 5.34. The van der Waals surface area contributed by atoms with Crippen LogP contribution >= 0.6 is 22.7 Å². The molecule has 2 heterocycles. The maximum Gasteiger partial charge on any atom is 0.345 e. The minimum absolute atomic E-state index is 0.151. The van der Waals surface area contributed by atoms with Gasteiger partial charge in [0.25, 0.3) is 5.91 Å². The predicted octanol–water partition coefficient (Wildman–Crippen LogP) is 2.88. The SMILES string of the molecule is Cc1csc(C(C)(C)NC(=O)c2ccc(C(=O)O)s2)n1. The number of aromatic carboxylic acids is 1. The quantitative estimate of drug-likeness (QED) is 0.910. The largest absolute Gasteiger partial charge is 0.477 e. The summed E-state index contributed by atoms with van der Waals surface area (Å²) in [5, 5.41) is 14.5. The Hall–Kier alpha value is -1.73. The maximum absolute atomic E-state index is 12.2. The molecule has 0 atom stereocenters. The number of aryl methyl sites for hydroxylation is 1. The first-order valence-electron chi connectivity index (χ1n) is 5.88. The third kappa shape index (κ3) is 3.05. The monoisotopic (exact) mass is 310 g/mol. The van der Waals surface area contributed by atoms with Gasteiger partial charge in [0.05, 0.1) is 10.4 Å². The number of carboxylic acid groups (broad SMARTS) is 1. The van der Waals surface area contributed by atoms with Gasteiger partial charge in [0, 0.05) is 11.1 Å². The Kier molecular flexibility index (Phi) is 3.92. The van der Waals surface area contributed by atoms with E-state index in [-0.39, 0.29) is 10.8 Å². The van der Waals surface area contributed by atoms with Crippen LogP contribution in [0.15, 0.2) is 17.5 Å². The third-order valence-electron chi connectivity index (χ3n) is 2.62. The minimum atomic E-state index is -1.02. The van der Waals surface area contributed by atoms with Crippen molar-refractivity contribution in [2.45, 2.75) is 26.3 Å². The summed E-state index contributed by atoms with van der Waals surface area (Å²) in [7, 11) is 0. The van der Waals surface area contributed by atoms with Gasteiger partial charge in [-0.05, 0) is 32.9 Å². The van der Waals surface area contributed by atoms with Crippen LogP contribution < -0.4 is 5.32 Å². The van der Waals surface area contributed by atoms with Crippen LogP contribution in [0.4, 0.5) is 0 Å². The van der Waals surface area contributed by atoms with Crippen molar-refractivity contribution in [1.82, 2.24) is 10.3 Å². The smallest absolute Gasteiger partial charge is 0.345 e. The zero-order valence-electron chi connectivity index (χ0n) is 11.3. The molecular formula is C13H14N2O3S2. The van der Waals surface area contributed by atoms with Crippen LogP contribution in [0.1, 0.15) is 43.9 Å².